The standard InChI is InChI=1S/C13H14O3/c1-9(14)8-16-11-5-6-12-10(7-11)3-2-4-13(12)15/h5-7H,2-4,8H2,1H3. The van der Waals surface area contributed by atoms with Gasteiger partial charge in [-0.2, -0.15) is 0 Å². The highest BCUT2D eigenvalue weighted by Gasteiger charge is 2.17. The van der Waals surface area contributed by atoms with Gasteiger partial charge in [0.15, 0.2) is 11.6 Å². The fourth-order valence-electron chi connectivity index (χ4n) is 1.90. The smallest absolute Gasteiger partial charge is 0.167 e. The van der Waals surface area contributed by atoms with Crippen molar-refractivity contribution in [3.05, 3.63) is 29.3 Å². The van der Waals surface area contributed by atoms with Crippen molar-refractivity contribution in [2.75, 3.05) is 6.61 Å². The highest BCUT2D eigenvalue weighted by Crippen LogP contribution is 2.25. The van der Waals surface area contributed by atoms with Gasteiger partial charge in [0, 0.05) is 12.0 Å². The van der Waals surface area contributed by atoms with Gasteiger partial charge in [0.05, 0.1) is 0 Å². The fourth-order valence-corrected chi connectivity index (χ4v) is 1.90. The monoisotopic (exact) mass is 218 g/mol. The molecule has 0 heterocycles. The molecule has 1 aromatic carbocycles. The molecular formula is C13H14O3. The van der Waals surface area contributed by atoms with Gasteiger partial charge < -0.3 is 4.74 Å². The molecular weight excluding hydrogens is 204 g/mol. The lowest BCUT2D eigenvalue weighted by Gasteiger charge is -2.15. The molecule has 0 radical (unpaired) electrons. The zero-order chi connectivity index (χ0) is 11.5. The fraction of sp³-hybridized carbons (Fsp3) is 0.385. The molecule has 0 saturated carbocycles. The Morgan fingerprint density at radius 1 is 1.38 bits per heavy atom. The lowest BCUT2D eigenvalue weighted by Crippen LogP contribution is -2.12. The molecule has 2 rings (SSSR count). The maximum atomic E-state index is 11.6. The quantitative estimate of drug-likeness (QED) is 0.781. The molecule has 0 aliphatic heterocycles. The van der Waals surface area contributed by atoms with Gasteiger partial charge in [0.25, 0.3) is 0 Å². The van der Waals surface area contributed by atoms with Crippen LogP contribution in [-0.2, 0) is 11.2 Å². The van der Waals surface area contributed by atoms with Crippen LogP contribution in [0.4, 0.5) is 0 Å². The first kappa shape index (κ1) is 10.9. The Balaban J connectivity index is 2.18. The van der Waals surface area contributed by atoms with Crippen molar-refractivity contribution in [2.45, 2.75) is 26.2 Å². The van der Waals surface area contributed by atoms with Gasteiger partial charge in [0.2, 0.25) is 0 Å². The summed E-state index contributed by atoms with van der Waals surface area (Å²) < 4.78 is 5.31. The van der Waals surface area contributed by atoms with Crippen LogP contribution in [0.3, 0.4) is 0 Å². The topological polar surface area (TPSA) is 43.4 Å². The number of aryl methyl sites for hydroxylation is 1. The summed E-state index contributed by atoms with van der Waals surface area (Å²) in [6.45, 7) is 1.58. The van der Waals surface area contributed by atoms with E-state index >= 15 is 0 Å². The first-order valence-electron chi connectivity index (χ1n) is 5.45. The molecule has 0 fully saturated rings. The van der Waals surface area contributed by atoms with Gasteiger partial charge in [-0.25, -0.2) is 0 Å². The molecule has 1 aromatic rings. The maximum absolute atomic E-state index is 11.6. The van der Waals surface area contributed by atoms with Crippen LogP contribution in [0.25, 0.3) is 0 Å². The van der Waals surface area contributed by atoms with E-state index < -0.39 is 0 Å². The predicted molar refractivity (Wildman–Crippen MR) is 59.9 cm³/mol. The van der Waals surface area contributed by atoms with E-state index in [1.807, 2.05) is 6.07 Å². The molecule has 0 atom stereocenters. The third-order valence-electron chi connectivity index (χ3n) is 2.67. The summed E-state index contributed by atoms with van der Waals surface area (Å²) in [6, 6.07) is 5.42. The van der Waals surface area contributed by atoms with Crippen molar-refractivity contribution < 1.29 is 14.3 Å². The number of carbonyl (C=O) groups excluding carboxylic acids is 2. The molecule has 0 spiro atoms. The molecule has 1 aliphatic rings. The van der Waals surface area contributed by atoms with Crippen molar-refractivity contribution in [1.82, 2.24) is 0 Å². The average Bonchev–Trinajstić information content (AvgIpc) is 2.26. The van der Waals surface area contributed by atoms with Crippen molar-refractivity contribution in [2.24, 2.45) is 0 Å². The van der Waals surface area contributed by atoms with Crippen molar-refractivity contribution in [3.8, 4) is 5.75 Å². The Morgan fingerprint density at radius 3 is 2.94 bits per heavy atom. The second-order valence-electron chi connectivity index (χ2n) is 4.09. The van der Waals surface area contributed by atoms with Crippen molar-refractivity contribution in [3.63, 3.8) is 0 Å². The molecule has 1 aliphatic carbocycles. The van der Waals surface area contributed by atoms with Crippen molar-refractivity contribution in [1.29, 1.82) is 0 Å². The summed E-state index contributed by atoms with van der Waals surface area (Å²) in [4.78, 5) is 22.3. The summed E-state index contributed by atoms with van der Waals surface area (Å²) in [7, 11) is 0. The molecule has 0 unspecified atom stereocenters. The van der Waals surface area contributed by atoms with E-state index in [9.17, 15) is 9.59 Å². The first-order chi connectivity index (χ1) is 7.66. The largest absolute Gasteiger partial charge is 0.486 e. The molecule has 0 bridgehead atoms. The Kier molecular flexibility index (Phi) is 3.04. The highest BCUT2D eigenvalue weighted by atomic mass is 16.5. The third-order valence-corrected chi connectivity index (χ3v) is 2.67. The lowest BCUT2D eigenvalue weighted by atomic mass is 9.90. The van der Waals surface area contributed by atoms with E-state index in [2.05, 4.69) is 0 Å². The van der Waals surface area contributed by atoms with E-state index in [0.717, 1.165) is 24.0 Å². The summed E-state index contributed by atoms with van der Waals surface area (Å²) in [5, 5.41) is 0. The van der Waals surface area contributed by atoms with Gasteiger partial charge in [-0.05, 0) is 43.5 Å². The summed E-state index contributed by atoms with van der Waals surface area (Å²) in [6.07, 6.45) is 2.46. The summed E-state index contributed by atoms with van der Waals surface area (Å²) >= 11 is 0. The minimum absolute atomic E-state index is 0.00574. The highest BCUT2D eigenvalue weighted by molar-refractivity contribution is 5.98. The van der Waals surface area contributed by atoms with Crippen LogP contribution in [0.2, 0.25) is 0 Å². The summed E-state index contributed by atoms with van der Waals surface area (Å²) in [5.41, 5.74) is 1.85. The van der Waals surface area contributed by atoms with E-state index in [0.29, 0.717) is 12.2 Å². The summed E-state index contributed by atoms with van der Waals surface area (Å²) in [5.74, 6) is 0.872. The van der Waals surface area contributed by atoms with Gasteiger partial charge in [-0.15, -0.1) is 0 Å². The zero-order valence-corrected chi connectivity index (χ0v) is 9.29. The third kappa shape index (κ3) is 2.30. The van der Waals surface area contributed by atoms with E-state index in [4.69, 9.17) is 4.74 Å². The molecule has 0 aromatic heterocycles. The van der Waals surface area contributed by atoms with Gasteiger partial charge >= 0.3 is 0 Å². The number of ether oxygens (including phenoxy) is 1. The normalized spacial score (nSPS) is 14.4. The SMILES string of the molecule is CC(=O)COc1ccc2c(c1)CCCC2=O. The van der Waals surface area contributed by atoms with Crippen molar-refractivity contribution >= 4 is 11.6 Å². The minimum Gasteiger partial charge on any atom is -0.486 e. The van der Waals surface area contributed by atoms with Crippen LogP contribution in [0.5, 0.6) is 5.75 Å². The predicted octanol–water partition coefficient (Wildman–Crippen LogP) is 2.17. The molecule has 16 heavy (non-hydrogen) atoms. The Hall–Kier alpha value is -1.64. The lowest BCUT2D eigenvalue weighted by molar-refractivity contribution is -0.118. The van der Waals surface area contributed by atoms with Crippen LogP contribution in [-0.4, -0.2) is 18.2 Å². The van der Waals surface area contributed by atoms with Crippen LogP contribution >= 0.6 is 0 Å². The Labute approximate surface area is 94.4 Å². The number of ketones is 2. The van der Waals surface area contributed by atoms with E-state index in [-0.39, 0.29) is 18.2 Å². The van der Waals surface area contributed by atoms with Gasteiger partial charge in [-0.1, -0.05) is 0 Å². The van der Waals surface area contributed by atoms with E-state index in [1.54, 1.807) is 12.1 Å². The number of hydrogen-bond acceptors (Lipinski definition) is 3. The van der Waals surface area contributed by atoms with E-state index in [1.165, 1.54) is 6.92 Å². The molecule has 0 amide bonds. The average molecular weight is 218 g/mol. The second kappa shape index (κ2) is 4.47. The molecule has 3 nitrogen and oxygen atoms in total. The van der Waals surface area contributed by atoms with Crippen LogP contribution < -0.4 is 4.74 Å². The Morgan fingerprint density at radius 2 is 2.19 bits per heavy atom. The van der Waals surface area contributed by atoms with Crippen LogP contribution in [0, 0.1) is 0 Å². The molecule has 0 saturated heterocycles. The van der Waals surface area contributed by atoms with Crippen LogP contribution in [0.1, 0.15) is 35.7 Å². The zero-order valence-electron chi connectivity index (χ0n) is 9.29. The van der Waals surface area contributed by atoms with Gasteiger partial charge in [0.1, 0.15) is 12.4 Å². The van der Waals surface area contributed by atoms with Crippen LogP contribution in [0.15, 0.2) is 18.2 Å². The first-order valence-corrected chi connectivity index (χ1v) is 5.45. The molecule has 84 valence electrons. The number of benzene rings is 1. The maximum Gasteiger partial charge on any atom is 0.167 e. The number of rotatable bonds is 3. The minimum atomic E-state index is -0.00574. The Bertz CT molecular complexity index is 435. The number of Topliss-reactive ketones (excluding diaryl/α,β-unsaturated/α-hetero) is 2. The molecule has 0 N–H and O–H groups in total. The van der Waals surface area contributed by atoms with Gasteiger partial charge in [-0.3, -0.25) is 9.59 Å². The molecule has 3 heteroatoms. The number of fused-ring (bicyclic) bond motifs is 1. The second-order valence-corrected chi connectivity index (χ2v) is 4.09. The number of hydrogen-bond donors (Lipinski definition) is 0. The number of carbonyl (C=O) groups is 2.